The molecule has 2 atom stereocenters. The molecule has 0 bridgehead atoms. The highest BCUT2D eigenvalue weighted by molar-refractivity contribution is 7.86. The average Bonchev–Trinajstić information content (AvgIpc) is 2.30. The van der Waals surface area contributed by atoms with Gasteiger partial charge in [-0.3, -0.25) is 9.00 Å². The van der Waals surface area contributed by atoms with Crippen LogP contribution in [-0.4, -0.2) is 15.2 Å². The van der Waals surface area contributed by atoms with Crippen LogP contribution in [0.15, 0.2) is 29.2 Å². The van der Waals surface area contributed by atoms with E-state index in [1.165, 1.54) is 0 Å². The largest absolute Gasteiger partial charge is 0.298 e. The van der Waals surface area contributed by atoms with E-state index in [4.69, 9.17) is 0 Å². The summed E-state index contributed by atoms with van der Waals surface area (Å²) < 4.78 is 12.2. The Morgan fingerprint density at radius 3 is 2.50 bits per heavy atom. The van der Waals surface area contributed by atoms with E-state index in [1.54, 1.807) is 0 Å². The fourth-order valence-electron chi connectivity index (χ4n) is 2.01. The minimum Gasteiger partial charge on any atom is -0.298 e. The van der Waals surface area contributed by atoms with E-state index >= 15 is 0 Å². The van der Waals surface area contributed by atoms with Crippen molar-refractivity contribution in [3.05, 3.63) is 29.8 Å². The van der Waals surface area contributed by atoms with Gasteiger partial charge < -0.3 is 0 Å². The zero-order valence-corrected chi connectivity index (χ0v) is 10.3. The van der Waals surface area contributed by atoms with Crippen LogP contribution < -0.4 is 0 Å². The molecule has 0 radical (unpaired) electrons. The van der Waals surface area contributed by atoms with Gasteiger partial charge in [0.25, 0.3) is 0 Å². The standard InChI is InChI=1S/C13H16O2S/c1-10-6-8-11(9-7-10)16(15)13-5-3-2-4-12(13)14/h6-9,13H,2-5H2,1H3. The monoisotopic (exact) mass is 236 g/mol. The summed E-state index contributed by atoms with van der Waals surface area (Å²) in [5.74, 6) is 0.171. The summed E-state index contributed by atoms with van der Waals surface area (Å²) in [6, 6.07) is 7.63. The summed E-state index contributed by atoms with van der Waals surface area (Å²) in [5, 5.41) is -0.267. The van der Waals surface area contributed by atoms with Crippen molar-refractivity contribution in [1.29, 1.82) is 0 Å². The van der Waals surface area contributed by atoms with E-state index in [9.17, 15) is 9.00 Å². The fraction of sp³-hybridized carbons (Fsp3) is 0.462. The van der Waals surface area contributed by atoms with Crippen LogP contribution in [-0.2, 0) is 15.6 Å². The van der Waals surface area contributed by atoms with Gasteiger partial charge in [-0.1, -0.05) is 24.1 Å². The Balaban J connectivity index is 2.17. The summed E-state index contributed by atoms with van der Waals surface area (Å²) >= 11 is 0. The highest BCUT2D eigenvalue weighted by Crippen LogP contribution is 2.23. The second-order valence-corrected chi connectivity index (χ2v) is 5.95. The minimum absolute atomic E-state index is 0.171. The van der Waals surface area contributed by atoms with Gasteiger partial charge in [0.2, 0.25) is 0 Å². The number of hydrogen-bond acceptors (Lipinski definition) is 2. The lowest BCUT2D eigenvalue weighted by molar-refractivity contribution is -0.119. The van der Waals surface area contributed by atoms with Gasteiger partial charge in [0, 0.05) is 11.3 Å². The summed E-state index contributed by atoms with van der Waals surface area (Å²) in [5.41, 5.74) is 1.15. The minimum atomic E-state index is -1.16. The normalized spacial score (nSPS) is 23.1. The zero-order chi connectivity index (χ0) is 11.5. The third-order valence-electron chi connectivity index (χ3n) is 3.01. The molecular formula is C13H16O2S. The number of ketones is 1. The Morgan fingerprint density at radius 1 is 1.19 bits per heavy atom. The fourth-order valence-corrected chi connectivity index (χ4v) is 3.48. The lowest BCUT2D eigenvalue weighted by Gasteiger charge is -2.19. The van der Waals surface area contributed by atoms with Crippen LogP contribution in [0.1, 0.15) is 31.2 Å². The molecular weight excluding hydrogens is 220 g/mol. The molecule has 0 N–H and O–H groups in total. The van der Waals surface area contributed by atoms with Crippen molar-refractivity contribution in [3.63, 3.8) is 0 Å². The number of hydrogen-bond donors (Lipinski definition) is 0. The SMILES string of the molecule is Cc1ccc(S(=O)C2CCCCC2=O)cc1. The van der Waals surface area contributed by atoms with Crippen LogP contribution >= 0.6 is 0 Å². The number of aryl methyl sites for hydroxylation is 1. The molecule has 2 rings (SSSR count). The molecule has 1 aromatic rings. The molecule has 0 amide bonds. The molecule has 16 heavy (non-hydrogen) atoms. The first kappa shape index (κ1) is 11.5. The van der Waals surface area contributed by atoms with E-state index in [1.807, 2.05) is 31.2 Å². The van der Waals surface area contributed by atoms with Crippen LogP contribution in [0.25, 0.3) is 0 Å². The Bertz CT molecular complexity index is 408. The van der Waals surface area contributed by atoms with Gasteiger partial charge in [0.05, 0.1) is 16.0 Å². The first-order chi connectivity index (χ1) is 7.68. The van der Waals surface area contributed by atoms with E-state index < -0.39 is 10.8 Å². The maximum absolute atomic E-state index is 12.2. The maximum Gasteiger partial charge on any atom is 0.148 e. The van der Waals surface area contributed by atoms with E-state index in [0.717, 1.165) is 29.7 Å². The molecule has 1 fully saturated rings. The smallest absolute Gasteiger partial charge is 0.148 e. The predicted molar refractivity (Wildman–Crippen MR) is 64.9 cm³/mol. The highest BCUT2D eigenvalue weighted by atomic mass is 32.2. The summed E-state index contributed by atoms with van der Waals surface area (Å²) in [6.07, 6.45) is 3.36. The molecule has 3 heteroatoms. The molecule has 0 spiro atoms. The Hall–Kier alpha value is -0.960. The van der Waals surface area contributed by atoms with Gasteiger partial charge in [-0.15, -0.1) is 0 Å². The maximum atomic E-state index is 12.2. The first-order valence-electron chi connectivity index (χ1n) is 5.68. The van der Waals surface area contributed by atoms with Crippen LogP contribution in [0.4, 0.5) is 0 Å². The van der Waals surface area contributed by atoms with Crippen molar-refractivity contribution >= 4 is 16.6 Å². The lowest BCUT2D eigenvalue weighted by atomic mass is 9.99. The van der Waals surface area contributed by atoms with Gasteiger partial charge in [0.1, 0.15) is 5.78 Å². The molecule has 1 aliphatic carbocycles. The van der Waals surface area contributed by atoms with Crippen LogP contribution in [0.5, 0.6) is 0 Å². The Labute approximate surface area is 98.5 Å². The van der Waals surface area contributed by atoms with Crippen LogP contribution in [0.2, 0.25) is 0 Å². The predicted octanol–water partition coefficient (Wildman–Crippen LogP) is 2.61. The molecule has 1 saturated carbocycles. The second kappa shape index (κ2) is 4.91. The molecule has 2 nitrogen and oxygen atoms in total. The van der Waals surface area contributed by atoms with Crippen molar-refractivity contribution in [2.45, 2.75) is 42.8 Å². The van der Waals surface area contributed by atoms with E-state index in [-0.39, 0.29) is 11.0 Å². The van der Waals surface area contributed by atoms with Crippen LogP contribution in [0.3, 0.4) is 0 Å². The van der Waals surface area contributed by atoms with Gasteiger partial charge in [0.15, 0.2) is 0 Å². The van der Waals surface area contributed by atoms with Crippen molar-refractivity contribution in [1.82, 2.24) is 0 Å². The molecule has 86 valence electrons. The molecule has 0 aromatic heterocycles. The number of carbonyl (C=O) groups excluding carboxylic acids is 1. The summed E-state index contributed by atoms with van der Waals surface area (Å²) in [7, 11) is -1.16. The summed E-state index contributed by atoms with van der Waals surface area (Å²) in [6.45, 7) is 2.00. The molecule has 0 aliphatic heterocycles. The van der Waals surface area contributed by atoms with E-state index in [0.29, 0.717) is 6.42 Å². The second-order valence-electron chi connectivity index (χ2n) is 4.31. The third-order valence-corrected chi connectivity index (χ3v) is 4.76. The average molecular weight is 236 g/mol. The molecule has 1 aromatic carbocycles. The van der Waals surface area contributed by atoms with Gasteiger partial charge in [-0.2, -0.15) is 0 Å². The highest BCUT2D eigenvalue weighted by Gasteiger charge is 2.28. The first-order valence-corrected chi connectivity index (χ1v) is 6.90. The lowest BCUT2D eigenvalue weighted by Crippen LogP contribution is -2.29. The molecule has 1 aliphatic rings. The summed E-state index contributed by atoms with van der Waals surface area (Å²) in [4.78, 5) is 12.5. The zero-order valence-electron chi connectivity index (χ0n) is 9.44. The molecule has 2 unspecified atom stereocenters. The molecule has 0 saturated heterocycles. The number of benzene rings is 1. The molecule has 0 heterocycles. The van der Waals surface area contributed by atoms with E-state index in [2.05, 4.69) is 0 Å². The topological polar surface area (TPSA) is 34.1 Å². The van der Waals surface area contributed by atoms with Gasteiger partial charge in [-0.25, -0.2) is 0 Å². The Kier molecular flexibility index (Phi) is 3.54. The third kappa shape index (κ3) is 2.40. The van der Waals surface area contributed by atoms with Crippen molar-refractivity contribution in [3.8, 4) is 0 Å². The van der Waals surface area contributed by atoms with Crippen LogP contribution in [0, 0.1) is 6.92 Å². The van der Waals surface area contributed by atoms with Crippen molar-refractivity contribution in [2.75, 3.05) is 0 Å². The van der Waals surface area contributed by atoms with Gasteiger partial charge in [-0.05, 0) is 31.9 Å². The van der Waals surface area contributed by atoms with Crippen molar-refractivity contribution in [2.24, 2.45) is 0 Å². The number of rotatable bonds is 2. The number of carbonyl (C=O) groups is 1. The Morgan fingerprint density at radius 2 is 1.88 bits per heavy atom. The van der Waals surface area contributed by atoms with Crippen molar-refractivity contribution < 1.29 is 9.00 Å². The quantitative estimate of drug-likeness (QED) is 0.791. The van der Waals surface area contributed by atoms with Gasteiger partial charge >= 0.3 is 0 Å². The number of Topliss-reactive ketones (excluding diaryl/α,β-unsaturated/α-hetero) is 1.